The monoisotopic (exact) mass is 397 g/mol. The van der Waals surface area contributed by atoms with Crippen molar-refractivity contribution in [3.05, 3.63) is 84.4 Å². The first-order valence-corrected chi connectivity index (χ1v) is 10.1. The summed E-state index contributed by atoms with van der Waals surface area (Å²) in [6.45, 7) is 1.55. The maximum atomic E-state index is 6.03. The Labute approximate surface area is 174 Å². The number of rotatable bonds is 7. The van der Waals surface area contributed by atoms with E-state index in [9.17, 15) is 0 Å². The van der Waals surface area contributed by atoms with Crippen LogP contribution in [0.25, 0.3) is 33.1 Å². The van der Waals surface area contributed by atoms with E-state index in [2.05, 4.69) is 45.7 Å². The number of H-pyrrole nitrogens is 1. The highest BCUT2D eigenvalue weighted by Gasteiger charge is 2.08. The number of para-hydroxylation sites is 1. The van der Waals surface area contributed by atoms with Crippen molar-refractivity contribution in [1.82, 2.24) is 15.3 Å². The van der Waals surface area contributed by atoms with Gasteiger partial charge in [-0.2, -0.15) is 0 Å². The second-order valence-electron chi connectivity index (χ2n) is 7.33. The van der Waals surface area contributed by atoms with Crippen molar-refractivity contribution < 1.29 is 9.15 Å². The molecule has 3 heterocycles. The van der Waals surface area contributed by atoms with Crippen molar-refractivity contribution in [2.75, 3.05) is 13.7 Å². The molecule has 0 amide bonds. The van der Waals surface area contributed by atoms with Crippen LogP contribution in [0.4, 0.5) is 0 Å². The van der Waals surface area contributed by atoms with Gasteiger partial charge >= 0.3 is 0 Å². The summed E-state index contributed by atoms with van der Waals surface area (Å²) in [6, 6.07) is 20.4. The highest BCUT2D eigenvalue weighted by molar-refractivity contribution is 5.84. The molecule has 5 aromatic rings. The number of hydrogen-bond acceptors (Lipinski definition) is 4. The average Bonchev–Trinajstić information content (AvgIpc) is 3.43. The zero-order valence-corrected chi connectivity index (χ0v) is 16.8. The summed E-state index contributed by atoms with van der Waals surface area (Å²) < 4.78 is 11.4. The molecule has 0 radical (unpaired) electrons. The van der Waals surface area contributed by atoms with E-state index in [-0.39, 0.29) is 0 Å². The Morgan fingerprint density at radius 2 is 2.00 bits per heavy atom. The van der Waals surface area contributed by atoms with Gasteiger partial charge in [-0.3, -0.25) is 4.98 Å². The van der Waals surface area contributed by atoms with Gasteiger partial charge in [0.05, 0.1) is 19.2 Å². The Hall–Kier alpha value is -3.57. The standard InChI is InChI=1S/C25H23N3O2/c1-29-20-6-8-24-22(13-20)18(14-28-24)10-11-26-16-21-7-9-25(30-21)19-12-17-4-2-3-5-23(17)27-15-19/h2-9,12-15,26,28H,10-11,16H2,1H3. The normalized spacial score (nSPS) is 11.4. The van der Waals surface area contributed by atoms with E-state index in [4.69, 9.17) is 9.15 Å². The summed E-state index contributed by atoms with van der Waals surface area (Å²) in [6.07, 6.45) is 4.86. The van der Waals surface area contributed by atoms with Crippen LogP contribution in [0.2, 0.25) is 0 Å². The molecule has 0 aliphatic rings. The fraction of sp³-hybridized carbons (Fsp3) is 0.160. The molecule has 30 heavy (non-hydrogen) atoms. The second-order valence-corrected chi connectivity index (χ2v) is 7.33. The summed E-state index contributed by atoms with van der Waals surface area (Å²) in [5.74, 6) is 2.63. The smallest absolute Gasteiger partial charge is 0.135 e. The number of nitrogens with zero attached hydrogens (tertiary/aromatic N) is 1. The molecule has 0 fully saturated rings. The van der Waals surface area contributed by atoms with Crippen molar-refractivity contribution in [3.8, 4) is 17.1 Å². The highest BCUT2D eigenvalue weighted by Crippen LogP contribution is 2.25. The van der Waals surface area contributed by atoms with Gasteiger partial charge in [-0.15, -0.1) is 0 Å². The fourth-order valence-electron chi connectivity index (χ4n) is 3.76. The lowest BCUT2D eigenvalue weighted by atomic mass is 10.1. The Bertz CT molecular complexity index is 1300. The first kappa shape index (κ1) is 18.5. The Kier molecular flexibility index (Phi) is 4.95. The number of hydrogen-bond donors (Lipinski definition) is 2. The highest BCUT2D eigenvalue weighted by atomic mass is 16.5. The minimum Gasteiger partial charge on any atom is -0.497 e. The van der Waals surface area contributed by atoms with Crippen LogP contribution in [0.3, 0.4) is 0 Å². The van der Waals surface area contributed by atoms with Crippen LogP contribution < -0.4 is 10.1 Å². The number of aromatic nitrogens is 2. The molecule has 0 bridgehead atoms. The molecule has 0 spiro atoms. The fourth-order valence-corrected chi connectivity index (χ4v) is 3.76. The van der Waals surface area contributed by atoms with Crippen LogP contribution in [0.15, 0.2) is 77.5 Å². The lowest BCUT2D eigenvalue weighted by Crippen LogP contribution is -2.16. The van der Waals surface area contributed by atoms with E-state index in [0.717, 1.165) is 52.2 Å². The molecule has 0 atom stereocenters. The number of nitrogens with one attached hydrogen (secondary N) is 2. The van der Waals surface area contributed by atoms with E-state index in [1.54, 1.807) is 7.11 Å². The van der Waals surface area contributed by atoms with Gasteiger partial charge in [0.15, 0.2) is 0 Å². The molecule has 0 aliphatic carbocycles. The number of furan rings is 1. The van der Waals surface area contributed by atoms with Crippen LogP contribution in [0.1, 0.15) is 11.3 Å². The van der Waals surface area contributed by atoms with E-state index >= 15 is 0 Å². The average molecular weight is 397 g/mol. The quantitative estimate of drug-likeness (QED) is 0.365. The van der Waals surface area contributed by atoms with Crippen LogP contribution in [-0.4, -0.2) is 23.6 Å². The van der Waals surface area contributed by atoms with Crippen molar-refractivity contribution in [1.29, 1.82) is 0 Å². The number of pyridine rings is 1. The Balaban J connectivity index is 1.21. The van der Waals surface area contributed by atoms with Crippen LogP contribution in [0.5, 0.6) is 5.75 Å². The molecule has 0 saturated carbocycles. The number of fused-ring (bicyclic) bond motifs is 2. The summed E-state index contributed by atoms with van der Waals surface area (Å²) >= 11 is 0. The van der Waals surface area contributed by atoms with Gasteiger partial charge in [-0.05, 0) is 61.0 Å². The second kappa shape index (κ2) is 8.05. The van der Waals surface area contributed by atoms with E-state index < -0.39 is 0 Å². The lowest BCUT2D eigenvalue weighted by Gasteiger charge is -2.04. The number of benzene rings is 2. The van der Waals surface area contributed by atoms with Crippen molar-refractivity contribution in [3.63, 3.8) is 0 Å². The molecule has 0 saturated heterocycles. The van der Waals surface area contributed by atoms with E-state index in [0.29, 0.717) is 6.54 Å². The zero-order chi connectivity index (χ0) is 20.3. The minimum atomic E-state index is 0.687. The summed E-state index contributed by atoms with van der Waals surface area (Å²) in [4.78, 5) is 7.84. The van der Waals surface area contributed by atoms with Crippen molar-refractivity contribution >= 4 is 21.8 Å². The van der Waals surface area contributed by atoms with Gasteiger partial charge in [-0.25, -0.2) is 0 Å². The summed E-state index contributed by atoms with van der Waals surface area (Å²) in [5, 5.41) is 5.79. The first-order chi connectivity index (χ1) is 14.8. The molecular formula is C25H23N3O2. The molecule has 150 valence electrons. The van der Waals surface area contributed by atoms with Crippen LogP contribution in [-0.2, 0) is 13.0 Å². The summed E-state index contributed by atoms with van der Waals surface area (Å²) in [7, 11) is 1.70. The molecule has 2 aromatic carbocycles. The number of ether oxygens (including phenoxy) is 1. The van der Waals surface area contributed by atoms with Crippen LogP contribution >= 0.6 is 0 Å². The predicted octanol–water partition coefficient (Wildman–Crippen LogP) is 5.32. The van der Waals surface area contributed by atoms with Crippen molar-refractivity contribution in [2.45, 2.75) is 13.0 Å². The maximum absolute atomic E-state index is 6.03. The minimum absolute atomic E-state index is 0.687. The van der Waals surface area contributed by atoms with Gasteiger partial charge in [0.1, 0.15) is 17.3 Å². The molecular weight excluding hydrogens is 374 g/mol. The molecule has 3 aromatic heterocycles. The molecule has 0 unspecified atom stereocenters. The van der Waals surface area contributed by atoms with Gasteiger partial charge < -0.3 is 19.5 Å². The van der Waals surface area contributed by atoms with Gasteiger partial charge in [-0.1, -0.05) is 18.2 Å². The SMILES string of the molecule is COc1ccc2[nH]cc(CCNCc3ccc(-c4cnc5ccccc5c4)o3)c2c1. The molecule has 5 heteroatoms. The third-order valence-corrected chi connectivity index (χ3v) is 5.38. The third kappa shape index (κ3) is 3.67. The third-order valence-electron chi connectivity index (χ3n) is 5.38. The van der Waals surface area contributed by atoms with Gasteiger partial charge in [0, 0.05) is 34.2 Å². The summed E-state index contributed by atoms with van der Waals surface area (Å²) in [5.41, 5.74) is 4.39. The molecule has 2 N–H and O–H groups in total. The predicted molar refractivity (Wildman–Crippen MR) is 120 cm³/mol. The lowest BCUT2D eigenvalue weighted by molar-refractivity contribution is 0.415. The van der Waals surface area contributed by atoms with Gasteiger partial charge in [0.2, 0.25) is 0 Å². The van der Waals surface area contributed by atoms with Gasteiger partial charge in [0.25, 0.3) is 0 Å². The number of methoxy groups -OCH3 is 1. The number of aromatic amines is 1. The first-order valence-electron chi connectivity index (χ1n) is 10.1. The molecule has 5 nitrogen and oxygen atoms in total. The zero-order valence-electron chi connectivity index (χ0n) is 16.8. The topological polar surface area (TPSA) is 63.1 Å². The largest absolute Gasteiger partial charge is 0.497 e. The van der Waals surface area contributed by atoms with Crippen molar-refractivity contribution in [2.24, 2.45) is 0 Å². The maximum Gasteiger partial charge on any atom is 0.135 e. The van der Waals surface area contributed by atoms with E-state index in [1.807, 2.05) is 42.6 Å². The Morgan fingerprint density at radius 3 is 2.93 bits per heavy atom. The van der Waals surface area contributed by atoms with Crippen LogP contribution in [0, 0.1) is 0 Å². The Morgan fingerprint density at radius 1 is 1.07 bits per heavy atom. The molecule has 0 aliphatic heterocycles. The molecule has 5 rings (SSSR count). The van der Waals surface area contributed by atoms with E-state index in [1.165, 1.54) is 10.9 Å².